The van der Waals surface area contributed by atoms with Gasteiger partial charge < -0.3 is 15.2 Å². The Hall–Kier alpha value is -1.62. The van der Waals surface area contributed by atoms with Crippen LogP contribution in [0.1, 0.15) is 30.6 Å². The molecule has 1 aromatic rings. The molecule has 0 aromatic heterocycles. The average molecular weight is 269 g/mol. The Morgan fingerprint density at radius 2 is 2.21 bits per heavy atom. The number of aliphatic hydroxyl groups excluding tert-OH is 1. The number of anilines is 1. The number of carbonyl (C=O) groups is 1. The number of hydrogen-bond acceptors (Lipinski definition) is 4. The standard InChI is InChI=1S/C14H20FNO3/c1-4-14(2,9-17)8-16-12-7-10(13(18)19-3)5-6-11(12)15/h5-7,16-17H,4,8-9H2,1-3H3. The molecule has 0 saturated heterocycles. The molecular weight excluding hydrogens is 249 g/mol. The van der Waals surface area contributed by atoms with E-state index < -0.39 is 11.8 Å². The van der Waals surface area contributed by atoms with Gasteiger partial charge in [-0.05, 0) is 24.6 Å². The SMILES string of the molecule is CCC(C)(CO)CNc1cc(C(=O)OC)ccc1F. The zero-order valence-electron chi connectivity index (χ0n) is 11.5. The second-order valence-electron chi connectivity index (χ2n) is 4.86. The molecule has 1 atom stereocenters. The van der Waals surface area contributed by atoms with Crippen molar-refractivity contribution in [3.63, 3.8) is 0 Å². The molecule has 1 rings (SSSR count). The van der Waals surface area contributed by atoms with Crippen LogP contribution in [0.15, 0.2) is 18.2 Å². The molecule has 0 bridgehead atoms. The molecule has 5 heteroatoms. The summed E-state index contributed by atoms with van der Waals surface area (Å²) in [5.41, 5.74) is 0.192. The van der Waals surface area contributed by atoms with Crippen molar-refractivity contribution in [1.29, 1.82) is 0 Å². The van der Waals surface area contributed by atoms with E-state index in [2.05, 4.69) is 10.1 Å². The van der Waals surface area contributed by atoms with Crippen molar-refractivity contribution in [1.82, 2.24) is 0 Å². The summed E-state index contributed by atoms with van der Waals surface area (Å²) in [6, 6.07) is 4.00. The number of benzene rings is 1. The predicted molar refractivity (Wildman–Crippen MR) is 71.7 cm³/mol. The van der Waals surface area contributed by atoms with Crippen LogP contribution in [-0.2, 0) is 4.74 Å². The van der Waals surface area contributed by atoms with E-state index in [1.165, 1.54) is 25.3 Å². The van der Waals surface area contributed by atoms with Gasteiger partial charge in [-0.1, -0.05) is 13.8 Å². The minimum absolute atomic E-state index is 0.00874. The van der Waals surface area contributed by atoms with Crippen LogP contribution in [0.25, 0.3) is 0 Å². The fourth-order valence-electron chi connectivity index (χ4n) is 1.51. The molecule has 19 heavy (non-hydrogen) atoms. The van der Waals surface area contributed by atoms with Gasteiger partial charge in [0.1, 0.15) is 5.82 Å². The second-order valence-corrected chi connectivity index (χ2v) is 4.86. The van der Waals surface area contributed by atoms with E-state index in [1.807, 2.05) is 13.8 Å². The predicted octanol–water partition coefficient (Wildman–Crippen LogP) is 2.43. The maximum atomic E-state index is 13.6. The third-order valence-corrected chi connectivity index (χ3v) is 3.33. The maximum Gasteiger partial charge on any atom is 0.337 e. The zero-order chi connectivity index (χ0) is 14.5. The van der Waals surface area contributed by atoms with Gasteiger partial charge in [0.25, 0.3) is 0 Å². The number of methoxy groups -OCH3 is 1. The van der Waals surface area contributed by atoms with Crippen molar-refractivity contribution in [2.75, 3.05) is 25.6 Å². The number of hydrogen-bond donors (Lipinski definition) is 2. The fraction of sp³-hybridized carbons (Fsp3) is 0.500. The molecule has 0 radical (unpaired) electrons. The second kappa shape index (κ2) is 6.52. The Kier molecular flexibility index (Phi) is 5.30. The summed E-state index contributed by atoms with van der Waals surface area (Å²) in [6.45, 7) is 4.29. The Morgan fingerprint density at radius 1 is 1.53 bits per heavy atom. The molecule has 1 aromatic carbocycles. The van der Waals surface area contributed by atoms with Gasteiger partial charge in [-0.3, -0.25) is 0 Å². The third-order valence-electron chi connectivity index (χ3n) is 3.33. The molecule has 0 heterocycles. The van der Waals surface area contributed by atoms with Crippen molar-refractivity contribution >= 4 is 11.7 Å². The molecule has 0 aliphatic rings. The minimum Gasteiger partial charge on any atom is -0.465 e. The number of esters is 1. The van der Waals surface area contributed by atoms with Crippen LogP contribution in [0.2, 0.25) is 0 Å². The Morgan fingerprint density at radius 3 is 2.74 bits per heavy atom. The van der Waals surface area contributed by atoms with Crippen LogP contribution >= 0.6 is 0 Å². The van der Waals surface area contributed by atoms with Gasteiger partial charge in [0.05, 0.1) is 25.0 Å². The van der Waals surface area contributed by atoms with Crippen molar-refractivity contribution in [3.05, 3.63) is 29.6 Å². The lowest BCUT2D eigenvalue weighted by Crippen LogP contribution is -2.29. The van der Waals surface area contributed by atoms with Gasteiger partial charge >= 0.3 is 5.97 Å². The summed E-state index contributed by atoms with van der Waals surface area (Å²) in [7, 11) is 1.28. The van der Waals surface area contributed by atoms with Crippen LogP contribution in [-0.4, -0.2) is 31.3 Å². The molecule has 2 N–H and O–H groups in total. The Balaban J connectivity index is 2.86. The van der Waals surface area contributed by atoms with E-state index >= 15 is 0 Å². The van der Waals surface area contributed by atoms with Crippen LogP contribution in [0.5, 0.6) is 0 Å². The number of ether oxygens (including phenoxy) is 1. The first-order valence-corrected chi connectivity index (χ1v) is 6.18. The van der Waals surface area contributed by atoms with Gasteiger partial charge in [0.15, 0.2) is 0 Å². The number of nitrogens with one attached hydrogen (secondary N) is 1. The lowest BCUT2D eigenvalue weighted by atomic mass is 9.88. The molecule has 4 nitrogen and oxygen atoms in total. The smallest absolute Gasteiger partial charge is 0.337 e. The van der Waals surface area contributed by atoms with E-state index in [4.69, 9.17) is 0 Å². The highest BCUT2D eigenvalue weighted by Crippen LogP contribution is 2.23. The van der Waals surface area contributed by atoms with Crippen LogP contribution in [0.3, 0.4) is 0 Å². The zero-order valence-corrected chi connectivity index (χ0v) is 11.5. The first-order valence-electron chi connectivity index (χ1n) is 6.18. The van der Waals surface area contributed by atoms with Crippen LogP contribution in [0.4, 0.5) is 10.1 Å². The number of halogens is 1. The van der Waals surface area contributed by atoms with E-state index in [1.54, 1.807) is 0 Å². The fourth-order valence-corrected chi connectivity index (χ4v) is 1.51. The van der Waals surface area contributed by atoms with Gasteiger partial charge in [0, 0.05) is 12.0 Å². The van der Waals surface area contributed by atoms with Crippen molar-refractivity contribution in [2.45, 2.75) is 20.3 Å². The summed E-state index contributed by atoms with van der Waals surface area (Å²) < 4.78 is 18.2. The number of rotatable bonds is 6. The van der Waals surface area contributed by atoms with E-state index in [9.17, 15) is 14.3 Å². The summed E-state index contributed by atoms with van der Waals surface area (Å²) >= 11 is 0. The Bertz CT molecular complexity index is 444. The topological polar surface area (TPSA) is 58.6 Å². The molecule has 0 spiro atoms. The highest BCUT2D eigenvalue weighted by molar-refractivity contribution is 5.90. The molecule has 0 saturated carbocycles. The molecule has 0 aliphatic heterocycles. The van der Waals surface area contributed by atoms with E-state index in [0.717, 1.165) is 6.42 Å². The molecule has 0 aliphatic carbocycles. The van der Waals surface area contributed by atoms with Gasteiger partial charge in [-0.2, -0.15) is 0 Å². The largest absolute Gasteiger partial charge is 0.465 e. The molecule has 0 amide bonds. The highest BCUT2D eigenvalue weighted by atomic mass is 19.1. The third kappa shape index (κ3) is 3.92. The first-order chi connectivity index (χ1) is 8.95. The normalized spacial score (nSPS) is 13.7. The van der Waals surface area contributed by atoms with E-state index in [0.29, 0.717) is 6.54 Å². The van der Waals surface area contributed by atoms with Crippen molar-refractivity contribution < 1.29 is 19.0 Å². The molecule has 0 fully saturated rings. The van der Waals surface area contributed by atoms with Crippen LogP contribution in [0, 0.1) is 11.2 Å². The lowest BCUT2D eigenvalue weighted by Gasteiger charge is -2.26. The van der Waals surface area contributed by atoms with Crippen molar-refractivity contribution in [3.8, 4) is 0 Å². The molecular formula is C14H20FNO3. The number of aliphatic hydroxyl groups is 1. The minimum atomic E-state index is -0.511. The quantitative estimate of drug-likeness (QED) is 0.779. The van der Waals surface area contributed by atoms with Crippen LogP contribution < -0.4 is 5.32 Å². The highest BCUT2D eigenvalue weighted by Gasteiger charge is 2.21. The maximum absolute atomic E-state index is 13.6. The van der Waals surface area contributed by atoms with E-state index in [-0.39, 0.29) is 23.3 Å². The summed E-state index contributed by atoms with van der Waals surface area (Å²) in [5, 5.41) is 12.2. The number of carbonyl (C=O) groups excluding carboxylic acids is 1. The van der Waals surface area contributed by atoms with Gasteiger partial charge in [0.2, 0.25) is 0 Å². The molecule has 106 valence electrons. The average Bonchev–Trinajstić information content (AvgIpc) is 2.45. The lowest BCUT2D eigenvalue weighted by molar-refractivity contribution is 0.0600. The van der Waals surface area contributed by atoms with Gasteiger partial charge in [-0.25, -0.2) is 9.18 Å². The summed E-state index contributed by atoms with van der Waals surface area (Å²) in [5.74, 6) is -0.951. The molecule has 1 unspecified atom stereocenters. The Labute approximate surface area is 112 Å². The first kappa shape index (κ1) is 15.4. The van der Waals surface area contributed by atoms with Gasteiger partial charge in [-0.15, -0.1) is 0 Å². The summed E-state index contributed by atoms with van der Waals surface area (Å²) in [4.78, 5) is 11.4. The summed E-state index contributed by atoms with van der Waals surface area (Å²) in [6.07, 6.45) is 0.759. The van der Waals surface area contributed by atoms with Crippen molar-refractivity contribution in [2.24, 2.45) is 5.41 Å². The monoisotopic (exact) mass is 269 g/mol.